The molecular weight excluding hydrogens is 360 g/mol. The third-order valence-electron chi connectivity index (χ3n) is 3.99. The molecule has 5 nitrogen and oxygen atoms in total. The molecule has 0 atom stereocenters. The number of hydrogen-bond acceptors (Lipinski definition) is 6. The lowest BCUT2D eigenvalue weighted by Gasteiger charge is -2.08. The van der Waals surface area contributed by atoms with Gasteiger partial charge in [-0.25, -0.2) is 0 Å². The topological polar surface area (TPSA) is 70.9 Å². The number of aromatic hydroxyl groups is 1. The minimum absolute atomic E-state index is 0.0603. The van der Waals surface area contributed by atoms with Gasteiger partial charge in [0.1, 0.15) is 18.1 Å². The van der Waals surface area contributed by atoms with Crippen molar-refractivity contribution in [2.24, 2.45) is 5.10 Å². The van der Waals surface area contributed by atoms with Crippen LogP contribution in [0.15, 0.2) is 82.8 Å². The van der Waals surface area contributed by atoms with Crippen molar-refractivity contribution in [3.05, 3.63) is 83.9 Å². The van der Waals surface area contributed by atoms with Crippen LogP contribution in [0.3, 0.4) is 0 Å². The van der Waals surface area contributed by atoms with E-state index in [1.807, 2.05) is 48.5 Å². The Hall–Kier alpha value is -3.25. The summed E-state index contributed by atoms with van der Waals surface area (Å²) in [4.78, 5) is 13.3. The van der Waals surface area contributed by atoms with E-state index < -0.39 is 0 Å². The van der Waals surface area contributed by atoms with Gasteiger partial charge in [0.05, 0.1) is 5.69 Å². The highest BCUT2D eigenvalue weighted by Crippen LogP contribution is 2.33. The predicted molar refractivity (Wildman–Crippen MR) is 107 cm³/mol. The minimum Gasteiger partial charge on any atom is -0.508 e. The molecule has 134 valence electrons. The van der Waals surface area contributed by atoms with Crippen LogP contribution in [0.4, 0.5) is 5.69 Å². The number of phenols is 1. The van der Waals surface area contributed by atoms with Gasteiger partial charge in [-0.3, -0.25) is 10.2 Å². The third kappa shape index (κ3) is 3.96. The maximum Gasteiger partial charge on any atom is 0.221 e. The molecule has 2 N–H and O–H groups in total. The maximum atomic E-state index is 12.3. The van der Waals surface area contributed by atoms with Crippen molar-refractivity contribution in [3.8, 4) is 11.5 Å². The molecule has 0 radical (unpaired) electrons. The SMILES string of the molecule is O=C1C(=NNc2cccc(COc3ccc(O)cc3)c2)Sc2ccccc21. The van der Waals surface area contributed by atoms with Gasteiger partial charge in [-0.1, -0.05) is 36.0 Å². The number of rotatable bonds is 5. The van der Waals surface area contributed by atoms with E-state index in [0.717, 1.165) is 16.1 Å². The van der Waals surface area contributed by atoms with E-state index in [2.05, 4.69) is 10.5 Å². The van der Waals surface area contributed by atoms with Crippen molar-refractivity contribution in [2.45, 2.75) is 11.5 Å². The van der Waals surface area contributed by atoms with Crippen LogP contribution in [-0.4, -0.2) is 15.9 Å². The number of ether oxygens (including phenoxy) is 1. The molecule has 1 aliphatic heterocycles. The maximum absolute atomic E-state index is 12.3. The van der Waals surface area contributed by atoms with Crippen LogP contribution in [0.5, 0.6) is 11.5 Å². The first kappa shape index (κ1) is 17.2. The number of benzene rings is 3. The van der Waals surface area contributed by atoms with Gasteiger partial charge in [0.25, 0.3) is 0 Å². The second-order valence-electron chi connectivity index (χ2n) is 5.94. The highest BCUT2D eigenvalue weighted by atomic mass is 32.2. The molecule has 3 aromatic rings. The number of fused-ring (bicyclic) bond motifs is 1. The monoisotopic (exact) mass is 376 g/mol. The fraction of sp³-hybridized carbons (Fsp3) is 0.0476. The molecule has 0 saturated heterocycles. The Morgan fingerprint density at radius 1 is 1.00 bits per heavy atom. The van der Waals surface area contributed by atoms with Gasteiger partial charge >= 0.3 is 0 Å². The first-order chi connectivity index (χ1) is 13.2. The fourth-order valence-corrected chi connectivity index (χ4v) is 3.56. The fourth-order valence-electron chi connectivity index (χ4n) is 2.64. The predicted octanol–water partition coefficient (Wildman–Crippen LogP) is 4.69. The summed E-state index contributed by atoms with van der Waals surface area (Å²) in [5.41, 5.74) is 5.39. The van der Waals surface area contributed by atoms with Gasteiger partial charge in [0.2, 0.25) is 5.78 Å². The second kappa shape index (κ2) is 7.55. The number of Topliss-reactive ketones (excluding diaryl/α,β-unsaturated/α-hetero) is 1. The number of hydrogen-bond donors (Lipinski definition) is 2. The third-order valence-corrected chi connectivity index (χ3v) is 5.03. The molecule has 0 spiro atoms. The smallest absolute Gasteiger partial charge is 0.221 e. The Balaban J connectivity index is 1.41. The number of carbonyl (C=O) groups excluding carboxylic acids is 1. The quantitative estimate of drug-likeness (QED) is 0.633. The molecular formula is C21H16N2O3S. The standard InChI is InChI=1S/C21H16N2O3S/c24-16-8-10-17(11-9-16)26-13-14-4-3-5-15(12-14)22-23-21-20(25)18-6-1-2-7-19(18)27-21/h1-12,22,24H,13H2. The number of hydrazone groups is 1. The van der Waals surface area contributed by atoms with Crippen LogP contribution in [0, 0.1) is 0 Å². The molecule has 0 saturated carbocycles. The first-order valence-electron chi connectivity index (χ1n) is 8.35. The van der Waals surface area contributed by atoms with Gasteiger partial charge in [-0.05, 0) is 54.1 Å². The Bertz CT molecular complexity index is 1020. The zero-order valence-corrected chi connectivity index (χ0v) is 15.1. The molecule has 0 unspecified atom stereocenters. The van der Waals surface area contributed by atoms with Gasteiger partial charge in [-0.15, -0.1) is 0 Å². The van der Waals surface area contributed by atoms with E-state index in [9.17, 15) is 9.90 Å². The van der Waals surface area contributed by atoms with E-state index in [-0.39, 0.29) is 11.5 Å². The van der Waals surface area contributed by atoms with Crippen molar-refractivity contribution in [3.63, 3.8) is 0 Å². The summed E-state index contributed by atoms with van der Waals surface area (Å²) in [5.74, 6) is 0.821. The lowest BCUT2D eigenvalue weighted by Crippen LogP contribution is -2.06. The number of nitrogens with zero attached hydrogens (tertiary/aromatic N) is 1. The van der Waals surface area contributed by atoms with E-state index in [4.69, 9.17) is 4.74 Å². The second-order valence-corrected chi connectivity index (χ2v) is 6.97. The van der Waals surface area contributed by atoms with E-state index in [0.29, 0.717) is 23.0 Å². The molecule has 1 aliphatic rings. The van der Waals surface area contributed by atoms with Gasteiger partial charge < -0.3 is 9.84 Å². The Labute approximate surface area is 160 Å². The summed E-state index contributed by atoms with van der Waals surface area (Å²) in [6, 6.07) is 21.7. The molecule has 0 aromatic heterocycles. The Morgan fingerprint density at radius 2 is 1.81 bits per heavy atom. The minimum atomic E-state index is -0.0603. The van der Waals surface area contributed by atoms with Crippen LogP contribution in [0.25, 0.3) is 0 Å². The number of carbonyl (C=O) groups is 1. The van der Waals surface area contributed by atoms with Crippen molar-refractivity contribution in [1.82, 2.24) is 0 Å². The van der Waals surface area contributed by atoms with Crippen LogP contribution in [0.2, 0.25) is 0 Å². The van der Waals surface area contributed by atoms with Gasteiger partial charge in [0, 0.05) is 10.5 Å². The molecule has 27 heavy (non-hydrogen) atoms. The van der Waals surface area contributed by atoms with Crippen LogP contribution in [-0.2, 0) is 6.61 Å². The average Bonchev–Trinajstić information content (AvgIpc) is 3.02. The Morgan fingerprint density at radius 3 is 2.63 bits per heavy atom. The van der Waals surface area contributed by atoms with E-state index in [1.165, 1.54) is 11.8 Å². The van der Waals surface area contributed by atoms with Gasteiger partial charge in [-0.2, -0.15) is 5.10 Å². The summed E-state index contributed by atoms with van der Waals surface area (Å²) < 4.78 is 5.71. The van der Waals surface area contributed by atoms with E-state index in [1.54, 1.807) is 24.3 Å². The molecule has 1 heterocycles. The lowest BCUT2D eigenvalue weighted by molar-refractivity contribution is 0.106. The summed E-state index contributed by atoms with van der Waals surface area (Å²) >= 11 is 1.37. The average molecular weight is 376 g/mol. The van der Waals surface area contributed by atoms with E-state index >= 15 is 0 Å². The van der Waals surface area contributed by atoms with Crippen LogP contribution >= 0.6 is 11.8 Å². The molecule has 3 aromatic carbocycles. The highest BCUT2D eigenvalue weighted by molar-refractivity contribution is 8.16. The zero-order valence-electron chi connectivity index (χ0n) is 14.3. The van der Waals surface area contributed by atoms with Gasteiger partial charge in [0.15, 0.2) is 5.04 Å². The van der Waals surface area contributed by atoms with Crippen molar-refractivity contribution < 1.29 is 14.6 Å². The van der Waals surface area contributed by atoms with Crippen molar-refractivity contribution >= 4 is 28.3 Å². The number of ketones is 1. The molecule has 0 bridgehead atoms. The number of anilines is 1. The Kier molecular flexibility index (Phi) is 4.80. The summed E-state index contributed by atoms with van der Waals surface area (Å²) in [6.07, 6.45) is 0. The van der Waals surface area contributed by atoms with Crippen LogP contribution < -0.4 is 10.2 Å². The number of nitrogens with one attached hydrogen (secondary N) is 1. The van der Waals surface area contributed by atoms with Crippen molar-refractivity contribution in [1.29, 1.82) is 0 Å². The molecule has 4 rings (SSSR count). The van der Waals surface area contributed by atoms with Crippen molar-refractivity contribution in [2.75, 3.05) is 5.43 Å². The molecule has 0 aliphatic carbocycles. The lowest BCUT2D eigenvalue weighted by atomic mass is 10.1. The molecule has 6 heteroatoms. The van der Waals surface area contributed by atoms with Crippen LogP contribution in [0.1, 0.15) is 15.9 Å². The number of thioether (sulfide) groups is 1. The zero-order chi connectivity index (χ0) is 18.6. The summed E-state index contributed by atoms with van der Waals surface area (Å²) in [7, 11) is 0. The normalized spacial score (nSPS) is 14.2. The number of phenolic OH excluding ortho intramolecular Hbond substituents is 1. The first-order valence-corrected chi connectivity index (χ1v) is 9.17. The highest BCUT2D eigenvalue weighted by Gasteiger charge is 2.27. The summed E-state index contributed by atoms with van der Waals surface area (Å²) in [5, 5.41) is 14.0. The molecule has 0 amide bonds. The summed E-state index contributed by atoms with van der Waals surface area (Å²) in [6.45, 7) is 0.385. The largest absolute Gasteiger partial charge is 0.508 e. The molecule has 0 fully saturated rings.